The predicted molar refractivity (Wildman–Crippen MR) is 240 cm³/mol. The van der Waals surface area contributed by atoms with Gasteiger partial charge in [0.25, 0.3) is 11.8 Å². The first kappa shape index (κ1) is 45.5. The Kier molecular flexibility index (Phi) is 14.4. The highest BCUT2D eigenvalue weighted by atomic mass is 35.5. The molecule has 0 bridgehead atoms. The Morgan fingerprint density at radius 2 is 1.58 bits per heavy atom. The van der Waals surface area contributed by atoms with Crippen LogP contribution in [0.25, 0.3) is 11.1 Å². The molecule has 2 aromatic carbocycles. The fourth-order valence-corrected chi connectivity index (χ4v) is 8.04. The fraction of sp³-hybridized carbons (Fsp3) is 0.457. The van der Waals surface area contributed by atoms with Gasteiger partial charge in [0, 0.05) is 50.2 Å². The lowest BCUT2D eigenvalue weighted by molar-refractivity contribution is 0.0233. The zero-order chi connectivity index (χ0) is 43.3. The van der Waals surface area contributed by atoms with Gasteiger partial charge in [-0.3, -0.25) is 19.5 Å². The van der Waals surface area contributed by atoms with Crippen LogP contribution in [0.3, 0.4) is 0 Å². The van der Waals surface area contributed by atoms with E-state index in [4.69, 9.17) is 25.7 Å². The van der Waals surface area contributed by atoms with E-state index in [2.05, 4.69) is 54.4 Å². The van der Waals surface area contributed by atoms with Gasteiger partial charge in [-0.05, 0) is 118 Å². The number of nitrogens with zero attached hydrogens (tertiary/aromatic N) is 4. The van der Waals surface area contributed by atoms with Gasteiger partial charge < -0.3 is 24.7 Å². The molecule has 0 fully saturated rings. The number of fused-ring (bicyclic) bond motifs is 1. The van der Waals surface area contributed by atoms with E-state index in [0.717, 1.165) is 53.9 Å². The monoisotopic (exact) mass is 840 g/mol. The van der Waals surface area contributed by atoms with Crippen LogP contribution in [0.4, 0.5) is 16.2 Å². The van der Waals surface area contributed by atoms with Gasteiger partial charge in [-0.15, -0.1) is 0 Å². The zero-order valence-corrected chi connectivity index (χ0v) is 38.4. The Balaban J connectivity index is 1.26. The summed E-state index contributed by atoms with van der Waals surface area (Å²) in [5.74, 6) is -0.718. The van der Waals surface area contributed by atoms with Crippen molar-refractivity contribution in [2.45, 2.75) is 112 Å². The van der Waals surface area contributed by atoms with Crippen LogP contribution in [-0.2, 0) is 28.7 Å². The number of ether oxygens (including phenoxy) is 1. The number of carbonyl (C=O) groups excluding carboxylic acids is 3. The van der Waals surface area contributed by atoms with Crippen LogP contribution in [0, 0.1) is 13.8 Å². The maximum absolute atomic E-state index is 13.7. The van der Waals surface area contributed by atoms with Gasteiger partial charge in [-0.1, -0.05) is 69.6 Å². The van der Waals surface area contributed by atoms with Crippen LogP contribution >= 0.6 is 11.6 Å². The quantitative estimate of drug-likeness (QED) is 0.128. The molecular formula is C46H61ClN6O5Si. The van der Waals surface area contributed by atoms with Crippen LogP contribution in [0.5, 0.6) is 0 Å². The molecule has 0 unspecified atom stereocenters. The second-order valence-electron chi connectivity index (χ2n) is 17.9. The Morgan fingerprint density at radius 3 is 2.22 bits per heavy atom. The highest BCUT2D eigenvalue weighted by Gasteiger charge is 2.37. The van der Waals surface area contributed by atoms with E-state index in [9.17, 15) is 14.4 Å². The summed E-state index contributed by atoms with van der Waals surface area (Å²) in [4.78, 5) is 53.1. The lowest BCUT2D eigenvalue weighted by atomic mass is 9.98. The molecule has 59 heavy (non-hydrogen) atoms. The molecule has 1 aliphatic rings. The van der Waals surface area contributed by atoms with Crippen molar-refractivity contribution < 1.29 is 23.5 Å². The summed E-state index contributed by atoms with van der Waals surface area (Å²) in [6.45, 7) is 26.7. The Morgan fingerprint density at radius 1 is 0.915 bits per heavy atom. The molecule has 3 heterocycles. The van der Waals surface area contributed by atoms with E-state index < -0.39 is 20.0 Å². The van der Waals surface area contributed by atoms with Crippen LogP contribution in [0.1, 0.15) is 104 Å². The van der Waals surface area contributed by atoms with Crippen molar-refractivity contribution in [3.63, 3.8) is 0 Å². The summed E-state index contributed by atoms with van der Waals surface area (Å²) < 4.78 is 12.0. The Labute approximate surface area is 356 Å². The maximum Gasteiger partial charge on any atom is 0.410 e. The van der Waals surface area contributed by atoms with Crippen LogP contribution < -0.4 is 10.6 Å². The third-order valence-corrected chi connectivity index (χ3v) is 16.0. The largest absolute Gasteiger partial charge is 0.444 e. The minimum Gasteiger partial charge on any atom is -0.444 e. The van der Waals surface area contributed by atoms with E-state index in [1.807, 2.05) is 77.9 Å². The topological polar surface area (TPSA) is 126 Å². The predicted octanol–water partition coefficient (Wildman–Crippen LogP) is 10.4. The summed E-state index contributed by atoms with van der Waals surface area (Å²) in [6, 6.07) is 16.4. The number of carbonyl (C=O) groups is 3. The molecule has 11 nitrogen and oxygen atoms in total. The van der Waals surface area contributed by atoms with Crippen molar-refractivity contribution in [3.8, 4) is 11.1 Å². The normalized spacial score (nSPS) is 13.4. The molecule has 2 aromatic heterocycles. The molecule has 13 heteroatoms. The molecule has 0 aliphatic carbocycles. The standard InChI is InChI=1S/C46H61ClN6O5Si/c1-12-22-53(44(56)58-45(4,5)6)28-32-19-20-38(48-27-32)42(54)50-36-17-13-15-34(31(36)3)35-16-14-18-37(41(35)47)51-43(55)39-26-30(2)33-21-23-52(29-40(33)49-39)24-25-57-59(10,11)46(7,8)9/h13-20,26-27H,12,21-25,28-29H2,1-11H3,(H,50,54)(H,51,55). The molecule has 0 saturated heterocycles. The van der Waals surface area contributed by atoms with E-state index in [0.29, 0.717) is 53.9 Å². The number of aryl methyl sites for hydroxylation is 1. The molecule has 0 atom stereocenters. The molecule has 3 amide bonds. The van der Waals surface area contributed by atoms with Gasteiger partial charge in [0.1, 0.15) is 17.0 Å². The van der Waals surface area contributed by atoms with Crippen molar-refractivity contribution in [1.82, 2.24) is 19.8 Å². The molecule has 4 aromatic rings. The number of aromatic nitrogens is 2. The number of anilines is 2. The fourth-order valence-electron chi connectivity index (χ4n) is 6.73. The van der Waals surface area contributed by atoms with Gasteiger partial charge >= 0.3 is 6.09 Å². The minimum absolute atomic E-state index is 0.157. The summed E-state index contributed by atoms with van der Waals surface area (Å²) in [7, 11) is -1.84. The molecule has 2 N–H and O–H groups in total. The lowest BCUT2D eigenvalue weighted by Crippen LogP contribution is -2.43. The highest BCUT2D eigenvalue weighted by molar-refractivity contribution is 6.74. The van der Waals surface area contributed by atoms with Crippen molar-refractivity contribution in [2.75, 3.05) is 36.9 Å². The average molecular weight is 842 g/mol. The highest BCUT2D eigenvalue weighted by Crippen LogP contribution is 2.38. The summed E-state index contributed by atoms with van der Waals surface area (Å²) in [5, 5.41) is 6.52. The van der Waals surface area contributed by atoms with Crippen LogP contribution in [0.2, 0.25) is 23.2 Å². The first-order chi connectivity index (χ1) is 27.7. The third kappa shape index (κ3) is 11.6. The summed E-state index contributed by atoms with van der Waals surface area (Å²) in [5.41, 5.74) is 7.26. The minimum atomic E-state index is -1.84. The molecule has 5 rings (SSSR count). The number of benzene rings is 2. The number of hydrogen-bond donors (Lipinski definition) is 2. The second-order valence-corrected chi connectivity index (χ2v) is 23.1. The van der Waals surface area contributed by atoms with E-state index in [-0.39, 0.29) is 22.5 Å². The number of halogens is 1. The second kappa shape index (κ2) is 18.7. The van der Waals surface area contributed by atoms with E-state index in [1.165, 1.54) is 5.56 Å². The van der Waals surface area contributed by atoms with Crippen molar-refractivity contribution >= 4 is 49.2 Å². The number of amides is 3. The van der Waals surface area contributed by atoms with Gasteiger partial charge in [-0.2, -0.15) is 0 Å². The number of rotatable bonds is 13. The summed E-state index contributed by atoms with van der Waals surface area (Å²) in [6.07, 6.45) is 2.86. The van der Waals surface area contributed by atoms with Crippen molar-refractivity contribution in [1.29, 1.82) is 0 Å². The zero-order valence-electron chi connectivity index (χ0n) is 36.6. The Hall–Kier alpha value is -4.62. The van der Waals surface area contributed by atoms with Gasteiger partial charge in [-0.25, -0.2) is 9.78 Å². The van der Waals surface area contributed by atoms with Gasteiger partial charge in [0.2, 0.25) is 0 Å². The SMILES string of the molecule is CCCN(Cc1ccc(C(=O)Nc2cccc(-c3cccc(NC(=O)c4cc(C)c5c(n4)CN(CCO[Si](C)(C)C(C)(C)C)CC5)c3Cl)c2C)nc1)C(=O)OC(C)(C)C. The molecule has 316 valence electrons. The number of hydrogen-bond acceptors (Lipinski definition) is 8. The van der Waals surface area contributed by atoms with Gasteiger partial charge in [0.15, 0.2) is 8.32 Å². The maximum atomic E-state index is 13.7. The average Bonchev–Trinajstić information content (AvgIpc) is 3.15. The van der Waals surface area contributed by atoms with Gasteiger partial charge in [0.05, 0.1) is 22.9 Å². The smallest absolute Gasteiger partial charge is 0.410 e. The van der Waals surface area contributed by atoms with Crippen molar-refractivity contribution in [2.24, 2.45) is 0 Å². The van der Waals surface area contributed by atoms with E-state index in [1.54, 1.807) is 29.3 Å². The summed E-state index contributed by atoms with van der Waals surface area (Å²) >= 11 is 7.02. The third-order valence-electron chi connectivity index (χ3n) is 11.1. The van der Waals surface area contributed by atoms with Crippen LogP contribution in [-0.4, -0.2) is 77.8 Å². The van der Waals surface area contributed by atoms with Crippen LogP contribution in [0.15, 0.2) is 60.8 Å². The number of pyridine rings is 2. The molecule has 1 aliphatic heterocycles. The van der Waals surface area contributed by atoms with Crippen molar-refractivity contribution in [3.05, 3.63) is 105 Å². The first-order valence-electron chi connectivity index (χ1n) is 20.5. The Bertz CT molecular complexity index is 2160. The molecule has 0 spiro atoms. The first-order valence-corrected chi connectivity index (χ1v) is 23.8. The number of nitrogens with one attached hydrogen (secondary N) is 2. The van der Waals surface area contributed by atoms with E-state index >= 15 is 0 Å². The molecule has 0 radical (unpaired) electrons. The molecule has 0 saturated carbocycles. The molecular weight excluding hydrogens is 780 g/mol. The lowest BCUT2D eigenvalue weighted by Gasteiger charge is -2.37.